The summed E-state index contributed by atoms with van der Waals surface area (Å²) in [6.45, 7) is 6.31. The van der Waals surface area contributed by atoms with Crippen LogP contribution in [-0.2, 0) is 20.9 Å². The minimum absolute atomic E-state index is 0.0418. The summed E-state index contributed by atoms with van der Waals surface area (Å²) in [4.78, 5) is 63.1. The molecule has 0 aliphatic carbocycles. The molecular formula is C24H27N7O5. The average Bonchev–Trinajstić information content (AvgIpc) is 3.52. The summed E-state index contributed by atoms with van der Waals surface area (Å²) in [7, 11) is 0. The van der Waals surface area contributed by atoms with Gasteiger partial charge >= 0.3 is 0 Å². The number of carbonyl (C=O) groups excluding carboxylic acids is 5. The maximum absolute atomic E-state index is 12.9. The van der Waals surface area contributed by atoms with Gasteiger partial charge in [-0.1, -0.05) is 26.0 Å². The first-order valence-electron chi connectivity index (χ1n) is 11.8. The molecule has 0 spiro atoms. The van der Waals surface area contributed by atoms with Crippen LogP contribution in [0.2, 0.25) is 0 Å². The fourth-order valence-electron chi connectivity index (χ4n) is 4.80. The molecule has 0 radical (unpaired) electrons. The van der Waals surface area contributed by atoms with Gasteiger partial charge in [-0.15, -0.1) is 5.10 Å². The third-order valence-electron chi connectivity index (χ3n) is 6.95. The van der Waals surface area contributed by atoms with Gasteiger partial charge in [0.2, 0.25) is 17.7 Å². The van der Waals surface area contributed by atoms with Gasteiger partial charge in [-0.25, -0.2) is 4.68 Å². The van der Waals surface area contributed by atoms with Crippen LogP contribution in [0.1, 0.15) is 66.4 Å². The Bertz CT molecular complexity index is 1290. The lowest BCUT2D eigenvalue weighted by atomic mass is 9.85. The highest BCUT2D eigenvalue weighted by Crippen LogP contribution is 2.29. The van der Waals surface area contributed by atoms with Crippen molar-refractivity contribution in [1.29, 1.82) is 0 Å². The Morgan fingerprint density at radius 1 is 1.14 bits per heavy atom. The van der Waals surface area contributed by atoms with E-state index in [1.807, 2.05) is 20.8 Å². The van der Waals surface area contributed by atoms with Crippen LogP contribution in [0.5, 0.6) is 0 Å². The van der Waals surface area contributed by atoms with Gasteiger partial charge in [0.1, 0.15) is 12.1 Å². The van der Waals surface area contributed by atoms with Crippen molar-refractivity contribution in [3.8, 4) is 5.69 Å². The van der Waals surface area contributed by atoms with Crippen molar-refractivity contribution >= 4 is 29.5 Å². The molecule has 3 aliphatic rings. The van der Waals surface area contributed by atoms with Crippen molar-refractivity contribution in [2.24, 2.45) is 5.41 Å². The Balaban J connectivity index is 1.28. The van der Waals surface area contributed by atoms with E-state index < -0.39 is 23.9 Å². The summed E-state index contributed by atoms with van der Waals surface area (Å²) in [5, 5.41) is 15.9. The molecule has 3 aliphatic heterocycles. The third-order valence-corrected chi connectivity index (χ3v) is 6.95. The molecule has 2 saturated heterocycles. The summed E-state index contributed by atoms with van der Waals surface area (Å²) < 4.78 is 1.42. The van der Waals surface area contributed by atoms with Crippen molar-refractivity contribution < 1.29 is 24.0 Å². The number of amides is 5. The molecule has 188 valence electrons. The molecule has 12 nitrogen and oxygen atoms in total. The van der Waals surface area contributed by atoms with Crippen molar-refractivity contribution in [1.82, 2.24) is 35.8 Å². The van der Waals surface area contributed by atoms with Crippen LogP contribution in [0.3, 0.4) is 0 Å². The van der Waals surface area contributed by atoms with E-state index in [0.717, 1.165) is 0 Å². The Labute approximate surface area is 206 Å². The van der Waals surface area contributed by atoms with E-state index in [1.54, 1.807) is 18.2 Å². The van der Waals surface area contributed by atoms with Gasteiger partial charge in [0.05, 0.1) is 11.9 Å². The topological polar surface area (TPSA) is 155 Å². The first kappa shape index (κ1) is 23.6. The second-order valence-electron chi connectivity index (χ2n) is 10.5. The van der Waals surface area contributed by atoms with E-state index in [9.17, 15) is 24.0 Å². The minimum atomic E-state index is -0.696. The molecule has 1 aromatic heterocycles. The highest BCUT2D eigenvalue weighted by atomic mass is 16.2. The smallest absolute Gasteiger partial charge is 0.274 e. The maximum Gasteiger partial charge on any atom is 0.274 e. The third kappa shape index (κ3) is 4.23. The van der Waals surface area contributed by atoms with Crippen molar-refractivity contribution in [3.05, 3.63) is 41.2 Å². The lowest BCUT2D eigenvalue weighted by molar-refractivity contribution is -0.137. The quantitative estimate of drug-likeness (QED) is 0.509. The second-order valence-corrected chi connectivity index (χ2v) is 10.5. The summed E-state index contributed by atoms with van der Waals surface area (Å²) in [5.74, 6) is -1.80. The number of piperidine rings is 1. The number of nitrogens with one attached hydrogen (secondary N) is 3. The number of hydrogen-bond donors (Lipinski definition) is 3. The molecule has 12 heteroatoms. The van der Waals surface area contributed by atoms with Crippen LogP contribution in [0, 0.1) is 5.41 Å². The molecule has 5 amide bonds. The highest BCUT2D eigenvalue weighted by molar-refractivity contribution is 6.05. The Kier molecular flexibility index (Phi) is 5.61. The monoisotopic (exact) mass is 493 g/mol. The molecule has 3 N–H and O–H groups in total. The molecule has 2 aromatic rings. The van der Waals surface area contributed by atoms with Gasteiger partial charge in [-0.2, -0.15) is 0 Å². The number of aromatic nitrogens is 3. The first-order valence-corrected chi connectivity index (χ1v) is 11.8. The van der Waals surface area contributed by atoms with E-state index in [2.05, 4.69) is 26.3 Å². The molecule has 0 saturated carbocycles. The largest absolute Gasteiger partial charge is 0.351 e. The standard InChI is InChI=1S/C24H27N7O5/c1-24(2,3)18-9-15(20(33)26-18)25-21(34)16-11-31(29-28-16)13-4-5-14-12(8-13)10-30(23(14)36)17-6-7-19(32)27-22(17)35/h4-5,8,11,15,17-18H,6-7,9-10H2,1-3H3,(H,25,34)(H,26,33)(H,27,32,35)/t15-,17?,18-/m0/s1. The molecule has 1 unspecified atom stereocenters. The number of nitrogens with zero attached hydrogens (tertiary/aromatic N) is 4. The van der Waals surface area contributed by atoms with Crippen LogP contribution in [-0.4, -0.2) is 67.6 Å². The fourth-order valence-corrected chi connectivity index (χ4v) is 4.80. The summed E-state index contributed by atoms with van der Waals surface area (Å²) in [6.07, 6.45) is 2.42. The van der Waals surface area contributed by atoms with Gasteiger partial charge in [0, 0.05) is 24.6 Å². The summed E-state index contributed by atoms with van der Waals surface area (Å²) in [6, 6.07) is 3.71. The SMILES string of the molecule is CC(C)(C)[C@@H]1C[C@H](NC(=O)c2cn(-c3ccc4c(c3)CN(C3CCC(=O)NC3=O)C4=O)nn2)C(=O)N1. The van der Waals surface area contributed by atoms with E-state index in [1.165, 1.54) is 15.8 Å². The number of rotatable bonds is 4. The van der Waals surface area contributed by atoms with Crippen molar-refractivity contribution in [2.75, 3.05) is 0 Å². The normalized spacial score (nSPS) is 24.0. The summed E-state index contributed by atoms with van der Waals surface area (Å²) in [5.41, 5.74) is 1.70. The zero-order valence-electron chi connectivity index (χ0n) is 20.2. The average molecular weight is 494 g/mol. The van der Waals surface area contributed by atoms with Crippen LogP contribution >= 0.6 is 0 Å². The maximum atomic E-state index is 12.9. The molecule has 36 heavy (non-hydrogen) atoms. The van der Waals surface area contributed by atoms with E-state index in [0.29, 0.717) is 23.2 Å². The lowest BCUT2D eigenvalue weighted by Crippen LogP contribution is -2.52. The minimum Gasteiger partial charge on any atom is -0.351 e. The predicted octanol–water partition coefficient (Wildman–Crippen LogP) is 0.0613. The number of benzene rings is 1. The first-order chi connectivity index (χ1) is 17.0. The molecule has 3 atom stereocenters. The van der Waals surface area contributed by atoms with E-state index in [4.69, 9.17) is 0 Å². The van der Waals surface area contributed by atoms with Crippen molar-refractivity contribution in [3.63, 3.8) is 0 Å². The molecular weight excluding hydrogens is 466 g/mol. The van der Waals surface area contributed by atoms with Gasteiger partial charge in [0.15, 0.2) is 5.69 Å². The van der Waals surface area contributed by atoms with Crippen LogP contribution in [0.4, 0.5) is 0 Å². The second kappa shape index (κ2) is 8.54. The van der Waals surface area contributed by atoms with Gasteiger partial charge in [0.25, 0.3) is 11.8 Å². The summed E-state index contributed by atoms with van der Waals surface area (Å²) >= 11 is 0. The van der Waals surface area contributed by atoms with Crippen molar-refractivity contribution in [2.45, 2.75) is 64.7 Å². The molecule has 0 bridgehead atoms. The predicted molar refractivity (Wildman–Crippen MR) is 125 cm³/mol. The van der Waals surface area contributed by atoms with Gasteiger partial charge in [-0.3, -0.25) is 29.3 Å². The fraction of sp³-hybridized carbons (Fsp3) is 0.458. The van der Waals surface area contributed by atoms with Crippen LogP contribution in [0.25, 0.3) is 5.69 Å². The lowest BCUT2D eigenvalue weighted by Gasteiger charge is -2.29. The van der Waals surface area contributed by atoms with E-state index >= 15 is 0 Å². The molecule has 4 heterocycles. The number of hydrogen-bond acceptors (Lipinski definition) is 7. The van der Waals surface area contributed by atoms with Gasteiger partial charge < -0.3 is 15.5 Å². The number of fused-ring (bicyclic) bond motifs is 1. The molecule has 5 rings (SSSR count). The Morgan fingerprint density at radius 3 is 2.61 bits per heavy atom. The Hall–Kier alpha value is -4.09. The van der Waals surface area contributed by atoms with Crippen LogP contribution < -0.4 is 16.0 Å². The number of imide groups is 1. The molecule has 2 fully saturated rings. The van der Waals surface area contributed by atoms with Crippen LogP contribution in [0.15, 0.2) is 24.4 Å². The highest BCUT2D eigenvalue weighted by Gasteiger charge is 2.40. The molecule has 1 aromatic carbocycles. The van der Waals surface area contributed by atoms with Gasteiger partial charge in [-0.05, 0) is 42.0 Å². The zero-order chi connectivity index (χ0) is 25.8. The number of carbonyl (C=O) groups is 5. The Morgan fingerprint density at radius 2 is 1.92 bits per heavy atom. The zero-order valence-corrected chi connectivity index (χ0v) is 20.2. The van der Waals surface area contributed by atoms with E-state index in [-0.39, 0.29) is 54.3 Å².